The maximum atomic E-state index is 14.0. The number of fused-ring (bicyclic) bond motifs is 1. The fourth-order valence-electron chi connectivity index (χ4n) is 2.45. The van der Waals surface area contributed by atoms with E-state index >= 15 is 0 Å². The average Bonchev–Trinajstić information content (AvgIpc) is 2.94. The molecule has 0 fully saturated rings. The van der Waals surface area contributed by atoms with Gasteiger partial charge in [-0.15, -0.1) is 0 Å². The van der Waals surface area contributed by atoms with E-state index in [9.17, 15) is 17.2 Å². The van der Waals surface area contributed by atoms with Crippen molar-refractivity contribution in [2.24, 2.45) is 0 Å². The highest BCUT2D eigenvalue weighted by atomic mass is 35.5. The molecule has 4 nitrogen and oxygen atoms in total. The van der Waals surface area contributed by atoms with Crippen LogP contribution < -0.4 is 4.74 Å². The number of methoxy groups -OCH3 is 1. The quantitative estimate of drug-likeness (QED) is 0.751. The summed E-state index contributed by atoms with van der Waals surface area (Å²) in [5.41, 5.74) is 0.277. The second kappa shape index (κ2) is 6.07. The van der Waals surface area contributed by atoms with Gasteiger partial charge >= 0.3 is 0 Å². The van der Waals surface area contributed by atoms with Crippen LogP contribution in [0.3, 0.4) is 0 Å². The van der Waals surface area contributed by atoms with Crippen LogP contribution in [0.25, 0.3) is 10.9 Å². The molecular formula is C16H12ClF2NO3S. The molecule has 0 unspecified atom stereocenters. The SMILES string of the molecule is COc1cc(F)c(CS(=O)(=O)c2c[nH]c3cc(Cl)ccc23)cc1F. The molecule has 24 heavy (non-hydrogen) atoms. The van der Waals surface area contributed by atoms with Crippen molar-refractivity contribution in [1.82, 2.24) is 4.98 Å². The number of halogens is 3. The highest BCUT2D eigenvalue weighted by molar-refractivity contribution is 7.90. The van der Waals surface area contributed by atoms with E-state index in [2.05, 4.69) is 9.72 Å². The third-order valence-electron chi connectivity index (χ3n) is 3.61. The molecule has 0 saturated heterocycles. The highest BCUT2D eigenvalue weighted by Crippen LogP contribution is 2.29. The van der Waals surface area contributed by atoms with E-state index in [-0.39, 0.29) is 16.2 Å². The van der Waals surface area contributed by atoms with E-state index in [0.29, 0.717) is 15.9 Å². The Labute approximate surface area is 141 Å². The molecule has 1 aromatic heterocycles. The largest absolute Gasteiger partial charge is 0.494 e. The summed E-state index contributed by atoms with van der Waals surface area (Å²) < 4.78 is 57.6. The Kier molecular flexibility index (Phi) is 4.23. The Morgan fingerprint density at radius 3 is 2.62 bits per heavy atom. The average molecular weight is 372 g/mol. The second-order valence-electron chi connectivity index (χ2n) is 5.18. The summed E-state index contributed by atoms with van der Waals surface area (Å²) in [7, 11) is -2.69. The van der Waals surface area contributed by atoms with E-state index < -0.39 is 27.2 Å². The minimum atomic E-state index is -3.89. The molecule has 0 radical (unpaired) electrons. The number of sulfone groups is 1. The molecule has 8 heteroatoms. The lowest BCUT2D eigenvalue weighted by atomic mass is 10.2. The summed E-state index contributed by atoms with van der Waals surface area (Å²) in [5.74, 6) is -2.63. The fraction of sp³-hybridized carbons (Fsp3) is 0.125. The third-order valence-corrected chi connectivity index (χ3v) is 5.54. The molecule has 1 heterocycles. The minimum Gasteiger partial charge on any atom is -0.494 e. The molecule has 126 valence electrons. The lowest BCUT2D eigenvalue weighted by Crippen LogP contribution is -2.07. The first-order valence-corrected chi connectivity index (χ1v) is 8.86. The van der Waals surface area contributed by atoms with Gasteiger partial charge in [-0.2, -0.15) is 0 Å². The summed E-state index contributed by atoms with van der Waals surface area (Å²) in [4.78, 5) is 2.82. The standard InChI is InChI=1S/C16H12ClF2NO3S/c1-23-15-6-12(18)9(4-13(15)19)8-24(21,22)16-7-20-14-5-10(17)2-3-11(14)16/h2-7,20H,8H2,1H3. The number of aromatic nitrogens is 1. The van der Waals surface area contributed by atoms with Gasteiger partial charge in [0.25, 0.3) is 0 Å². The van der Waals surface area contributed by atoms with Crippen molar-refractivity contribution in [3.05, 3.63) is 58.7 Å². The van der Waals surface area contributed by atoms with Crippen LogP contribution in [0.4, 0.5) is 8.78 Å². The van der Waals surface area contributed by atoms with Crippen molar-refractivity contribution in [3.8, 4) is 5.75 Å². The van der Waals surface area contributed by atoms with Crippen molar-refractivity contribution in [2.45, 2.75) is 10.6 Å². The summed E-state index contributed by atoms with van der Waals surface area (Å²) in [6.45, 7) is 0. The van der Waals surface area contributed by atoms with Crippen LogP contribution in [0.1, 0.15) is 5.56 Å². The Morgan fingerprint density at radius 2 is 1.92 bits per heavy atom. The Balaban J connectivity index is 2.04. The molecule has 0 aliphatic rings. The zero-order chi connectivity index (χ0) is 17.5. The highest BCUT2D eigenvalue weighted by Gasteiger charge is 2.23. The molecule has 0 saturated carbocycles. The zero-order valence-corrected chi connectivity index (χ0v) is 14.0. The molecular weight excluding hydrogens is 360 g/mol. The molecule has 0 amide bonds. The number of ether oxygens (including phenoxy) is 1. The fourth-order valence-corrected chi connectivity index (χ4v) is 4.16. The molecule has 3 aromatic rings. The minimum absolute atomic E-state index is 0.00444. The summed E-state index contributed by atoms with van der Waals surface area (Å²) in [6.07, 6.45) is 1.31. The topological polar surface area (TPSA) is 59.2 Å². The van der Waals surface area contributed by atoms with Gasteiger partial charge in [-0.3, -0.25) is 0 Å². The Bertz CT molecular complexity index is 1030. The van der Waals surface area contributed by atoms with Gasteiger partial charge in [-0.1, -0.05) is 17.7 Å². The van der Waals surface area contributed by atoms with Gasteiger partial charge in [-0.05, 0) is 18.2 Å². The molecule has 1 N–H and O–H groups in total. The first-order valence-electron chi connectivity index (χ1n) is 6.83. The van der Waals surface area contributed by atoms with Crippen LogP contribution in [0.15, 0.2) is 41.4 Å². The van der Waals surface area contributed by atoms with Crippen molar-refractivity contribution in [2.75, 3.05) is 7.11 Å². The maximum absolute atomic E-state index is 14.0. The second-order valence-corrected chi connectivity index (χ2v) is 7.57. The zero-order valence-electron chi connectivity index (χ0n) is 12.4. The molecule has 3 rings (SSSR count). The van der Waals surface area contributed by atoms with Crippen LogP contribution in [-0.2, 0) is 15.6 Å². The lowest BCUT2D eigenvalue weighted by Gasteiger charge is -2.08. The monoisotopic (exact) mass is 371 g/mol. The van der Waals surface area contributed by atoms with Crippen LogP contribution in [0.2, 0.25) is 5.02 Å². The van der Waals surface area contributed by atoms with Gasteiger partial charge in [0.2, 0.25) is 0 Å². The van der Waals surface area contributed by atoms with E-state index in [4.69, 9.17) is 11.6 Å². The van der Waals surface area contributed by atoms with Crippen LogP contribution in [0, 0.1) is 11.6 Å². The number of rotatable bonds is 4. The molecule has 0 aliphatic heterocycles. The number of nitrogens with one attached hydrogen (secondary N) is 1. The number of benzene rings is 2. The van der Waals surface area contributed by atoms with Gasteiger partial charge in [0, 0.05) is 33.8 Å². The van der Waals surface area contributed by atoms with Gasteiger partial charge < -0.3 is 9.72 Å². The summed E-state index contributed by atoms with van der Waals surface area (Å²) >= 11 is 5.87. The summed E-state index contributed by atoms with van der Waals surface area (Å²) in [6, 6.07) is 6.37. The predicted octanol–water partition coefficient (Wildman–Crippen LogP) is 4.08. The molecule has 0 aliphatic carbocycles. The predicted molar refractivity (Wildman–Crippen MR) is 87.1 cm³/mol. The number of hydrogen-bond donors (Lipinski definition) is 1. The Morgan fingerprint density at radius 1 is 1.17 bits per heavy atom. The Hall–Kier alpha value is -2.12. The van der Waals surface area contributed by atoms with Crippen molar-refractivity contribution in [3.63, 3.8) is 0 Å². The van der Waals surface area contributed by atoms with Crippen LogP contribution in [0.5, 0.6) is 5.75 Å². The van der Waals surface area contributed by atoms with Crippen LogP contribution in [-0.4, -0.2) is 20.5 Å². The normalized spacial score (nSPS) is 11.8. The molecule has 0 atom stereocenters. The van der Waals surface area contributed by atoms with Crippen molar-refractivity contribution >= 4 is 32.3 Å². The number of hydrogen-bond acceptors (Lipinski definition) is 3. The smallest absolute Gasteiger partial charge is 0.184 e. The van der Waals surface area contributed by atoms with Crippen LogP contribution >= 0.6 is 11.6 Å². The number of H-pyrrole nitrogens is 1. The lowest BCUT2D eigenvalue weighted by molar-refractivity contribution is 0.382. The van der Waals surface area contributed by atoms with Gasteiger partial charge in [0.15, 0.2) is 21.4 Å². The summed E-state index contributed by atoms with van der Waals surface area (Å²) in [5, 5.41) is 0.894. The van der Waals surface area contributed by atoms with Gasteiger partial charge in [0.05, 0.1) is 17.8 Å². The van der Waals surface area contributed by atoms with Gasteiger partial charge in [-0.25, -0.2) is 17.2 Å². The van der Waals surface area contributed by atoms with E-state index in [0.717, 1.165) is 12.1 Å². The molecule has 0 spiro atoms. The van der Waals surface area contributed by atoms with E-state index in [1.807, 2.05) is 0 Å². The number of aromatic amines is 1. The van der Waals surface area contributed by atoms with Crippen molar-refractivity contribution < 1.29 is 21.9 Å². The van der Waals surface area contributed by atoms with E-state index in [1.165, 1.54) is 13.3 Å². The third kappa shape index (κ3) is 2.97. The van der Waals surface area contributed by atoms with Crippen molar-refractivity contribution in [1.29, 1.82) is 0 Å². The first-order chi connectivity index (χ1) is 11.3. The van der Waals surface area contributed by atoms with Gasteiger partial charge in [0.1, 0.15) is 5.82 Å². The molecule has 2 aromatic carbocycles. The maximum Gasteiger partial charge on any atom is 0.184 e. The van der Waals surface area contributed by atoms with E-state index in [1.54, 1.807) is 18.2 Å². The molecule has 0 bridgehead atoms. The first kappa shape index (κ1) is 16.7.